The molecule has 6 heteroatoms. The van der Waals surface area contributed by atoms with Gasteiger partial charge in [-0.05, 0) is 6.07 Å². The minimum Gasteiger partial charge on any atom is -0.394 e. The highest BCUT2D eigenvalue weighted by atomic mass is 32.9. The third-order valence-corrected chi connectivity index (χ3v) is 3.08. The summed E-state index contributed by atoms with van der Waals surface area (Å²) in [7, 11) is -3.37. The molecule has 0 heterocycles. The number of hydrogen-bond donors (Lipinski definition) is 3. The first-order valence-electron chi connectivity index (χ1n) is 3.02. The van der Waals surface area contributed by atoms with Crippen LogP contribution in [-0.2, 0) is 19.4 Å². The first-order valence-corrected chi connectivity index (χ1v) is 5.82. The van der Waals surface area contributed by atoms with E-state index in [1.54, 1.807) is 24.3 Å². The molecule has 0 aromatic heterocycles. The molecular weight excluding hydrogens is 198 g/mol. The van der Waals surface area contributed by atoms with Crippen molar-refractivity contribution in [1.29, 1.82) is 0 Å². The van der Waals surface area contributed by atoms with Crippen molar-refractivity contribution in [2.24, 2.45) is 0 Å². The molecule has 0 spiro atoms. The van der Waals surface area contributed by atoms with Gasteiger partial charge in [0.25, 0.3) is 4.90 Å². The Balaban J connectivity index is 3.23. The van der Waals surface area contributed by atoms with E-state index in [2.05, 4.69) is 0 Å². The van der Waals surface area contributed by atoms with Gasteiger partial charge < -0.3 is 5.73 Å². The zero-order valence-corrected chi connectivity index (χ0v) is 7.64. The Kier molecular flexibility index (Phi) is 2.63. The quantitative estimate of drug-likeness (QED) is 0.470. The SMILES string of the molecule is Nc1ccccc1[S+]=S(=O)(O)O. The van der Waals surface area contributed by atoms with Crippen LogP contribution in [0.1, 0.15) is 0 Å². The monoisotopic (exact) mass is 206 g/mol. The van der Waals surface area contributed by atoms with Crippen LogP contribution in [0.25, 0.3) is 0 Å². The Morgan fingerprint density at radius 1 is 1.33 bits per heavy atom. The third kappa shape index (κ3) is 2.74. The number of benzene rings is 1. The first kappa shape index (κ1) is 9.40. The number of nitrogens with two attached hydrogens (primary N) is 1. The van der Waals surface area contributed by atoms with E-state index < -0.39 is 9.05 Å². The lowest BCUT2D eigenvalue weighted by atomic mass is 10.3. The summed E-state index contributed by atoms with van der Waals surface area (Å²) < 4.78 is 27.7. The number of nitrogen functional groups attached to an aromatic ring is 1. The van der Waals surface area contributed by atoms with Crippen molar-refractivity contribution >= 4 is 25.1 Å². The minimum atomic E-state index is -3.81. The molecule has 0 radical (unpaired) electrons. The van der Waals surface area contributed by atoms with Crippen LogP contribution in [-0.4, -0.2) is 13.3 Å². The van der Waals surface area contributed by atoms with Gasteiger partial charge in [-0.3, -0.25) is 9.11 Å². The molecule has 0 atom stereocenters. The molecule has 0 bridgehead atoms. The predicted molar refractivity (Wildman–Crippen MR) is 49.9 cm³/mol. The van der Waals surface area contributed by atoms with Crippen LogP contribution in [0.5, 0.6) is 0 Å². The van der Waals surface area contributed by atoms with Gasteiger partial charge in [0.15, 0.2) is 0 Å². The fraction of sp³-hybridized carbons (Fsp3) is 0. The molecule has 0 unspecified atom stereocenters. The fourth-order valence-electron chi connectivity index (χ4n) is 0.673. The molecule has 0 aliphatic rings. The average Bonchev–Trinajstić information content (AvgIpc) is 1.91. The summed E-state index contributed by atoms with van der Waals surface area (Å²) in [4.78, 5) is 0.396. The van der Waals surface area contributed by atoms with E-state index in [4.69, 9.17) is 14.8 Å². The van der Waals surface area contributed by atoms with Crippen molar-refractivity contribution in [3.05, 3.63) is 24.3 Å². The van der Waals surface area contributed by atoms with Gasteiger partial charge in [0, 0.05) is 6.07 Å². The molecule has 66 valence electrons. The van der Waals surface area contributed by atoms with Crippen LogP contribution in [0, 0.1) is 0 Å². The lowest BCUT2D eigenvalue weighted by molar-refractivity contribution is 0.450. The van der Waals surface area contributed by atoms with Crippen molar-refractivity contribution < 1.29 is 13.3 Å². The highest BCUT2D eigenvalue weighted by Gasteiger charge is 2.15. The Morgan fingerprint density at radius 2 is 1.92 bits per heavy atom. The lowest BCUT2D eigenvalue weighted by Crippen LogP contribution is -1.97. The molecule has 0 aliphatic carbocycles. The Hall–Kier alpha value is -0.690. The Morgan fingerprint density at radius 3 is 2.42 bits per heavy atom. The smallest absolute Gasteiger partial charge is 0.394 e. The summed E-state index contributed by atoms with van der Waals surface area (Å²) in [6.45, 7) is 0. The zero-order valence-electron chi connectivity index (χ0n) is 6.01. The van der Waals surface area contributed by atoms with Gasteiger partial charge in [-0.1, -0.05) is 12.1 Å². The van der Waals surface area contributed by atoms with E-state index >= 15 is 0 Å². The third-order valence-electron chi connectivity index (χ3n) is 1.12. The topological polar surface area (TPSA) is 83.6 Å². The van der Waals surface area contributed by atoms with E-state index in [9.17, 15) is 4.21 Å². The molecule has 12 heavy (non-hydrogen) atoms. The van der Waals surface area contributed by atoms with Crippen LogP contribution in [0.4, 0.5) is 5.69 Å². The van der Waals surface area contributed by atoms with Crippen molar-refractivity contribution in [3.8, 4) is 0 Å². The van der Waals surface area contributed by atoms with Gasteiger partial charge in [0.05, 0.1) is 5.69 Å². The molecule has 0 fully saturated rings. The van der Waals surface area contributed by atoms with Crippen LogP contribution < -0.4 is 5.73 Å². The average molecular weight is 206 g/mol. The molecule has 4 N–H and O–H groups in total. The van der Waals surface area contributed by atoms with E-state index in [-0.39, 0.29) is 0 Å². The largest absolute Gasteiger partial charge is 0.436 e. The lowest BCUT2D eigenvalue weighted by Gasteiger charge is -1.86. The molecule has 1 rings (SSSR count). The van der Waals surface area contributed by atoms with Gasteiger partial charge in [0.2, 0.25) is 0 Å². The first-order chi connectivity index (χ1) is 5.49. The molecule has 1 aromatic rings. The van der Waals surface area contributed by atoms with Crippen LogP contribution >= 0.6 is 0 Å². The van der Waals surface area contributed by atoms with Crippen LogP contribution in [0.2, 0.25) is 0 Å². The van der Waals surface area contributed by atoms with Gasteiger partial charge in [-0.2, -0.15) is 4.21 Å². The minimum absolute atomic E-state index is 0.373. The Labute approximate surface area is 73.7 Å². The maximum absolute atomic E-state index is 10.5. The molecule has 0 aliphatic heterocycles. The van der Waals surface area contributed by atoms with E-state index in [1.165, 1.54) is 0 Å². The summed E-state index contributed by atoms with van der Waals surface area (Å²) in [6, 6.07) is 6.53. The second-order valence-electron chi connectivity index (χ2n) is 2.07. The van der Waals surface area contributed by atoms with E-state index in [1.807, 2.05) is 0 Å². The number of para-hydroxylation sites is 1. The normalized spacial score (nSPS) is 11.2. The predicted octanol–water partition coefficient (Wildman–Crippen LogP) is 0.856. The molecule has 4 nitrogen and oxygen atoms in total. The van der Waals surface area contributed by atoms with E-state index in [0.717, 1.165) is 0 Å². The molecule has 0 saturated carbocycles. The van der Waals surface area contributed by atoms with Gasteiger partial charge in [0.1, 0.15) is 0 Å². The number of rotatable bonds is 1. The molecular formula is C6H8NO3S2+. The van der Waals surface area contributed by atoms with Crippen molar-refractivity contribution in [1.82, 2.24) is 0 Å². The fourth-order valence-corrected chi connectivity index (χ4v) is 2.36. The summed E-state index contributed by atoms with van der Waals surface area (Å²) in [5.41, 5.74) is 5.83. The van der Waals surface area contributed by atoms with Gasteiger partial charge in [-0.15, -0.1) is 0 Å². The number of hydrogen-bond acceptors (Lipinski definition) is 2. The molecule has 0 saturated heterocycles. The summed E-state index contributed by atoms with van der Waals surface area (Å²) in [5, 5.41) is 0. The Bertz CT molecular complexity index is 388. The van der Waals surface area contributed by atoms with Gasteiger partial charge >= 0.3 is 19.4 Å². The highest BCUT2D eigenvalue weighted by Crippen LogP contribution is 2.11. The standard InChI is InChI=1S/C6H7NO3S2/c7-5-3-1-2-4-6(5)11-12(8,9)10/h1-4H,7H2,(H-,8,9,10)/p+1. The van der Waals surface area contributed by atoms with Crippen molar-refractivity contribution in [3.63, 3.8) is 0 Å². The highest BCUT2D eigenvalue weighted by molar-refractivity contribution is 8.34. The van der Waals surface area contributed by atoms with E-state index in [0.29, 0.717) is 20.9 Å². The zero-order chi connectivity index (χ0) is 9.19. The second kappa shape index (κ2) is 3.36. The van der Waals surface area contributed by atoms with Crippen LogP contribution in [0.15, 0.2) is 29.2 Å². The van der Waals surface area contributed by atoms with Crippen LogP contribution in [0.3, 0.4) is 0 Å². The van der Waals surface area contributed by atoms with Gasteiger partial charge in [-0.25, -0.2) is 0 Å². The second-order valence-corrected chi connectivity index (χ2v) is 5.37. The summed E-state index contributed by atoms with van der Waals surface area (Å²) in [5.74, 6) is 0. The summed E-state index contributed by atoms with van der Waals surface area (Å²) in [6.07, 6.45) is 0. The van der Waals surface area contributed by atoms with Crippen molar-refractivity contribution in [2.75, 3.05) is 5.73 Å². The van der Waals surface area contributed by atoms with Crippen molar-refractivity contribution in [2.45, 2.75) is 4.90 Å². The molecule has 0 amide bonds. The summed E-state index contributed by atoms with van der Waals surface area (Å²) >= 11 is 0. The number of anilines is 1. The maximum Gasteiger partial charge on any atom is 0.436 e. The maximum atomic E-state index is 10.5. The molecule has 1 aromatic carbocycles.